The lowest BCUT2D eigenvalue weighted by atomic mass is 9.93. The van der Waals surface area contributed by atoms with E-state index in [4.69, 9.17) is 0 Å². The highest BCUT2D eigenvalue weighted by atomic mass is 16.2. The molecule has 6 nitrogen and oxygen atoms in total. The van der Waals surface area contributed by atoms with Gasteiger partial charge in [-0.15, -0.1) is 0 Å². The molecule has 0 aromatic carbocycles. The molecule has 2 aromatic rings. The quantitative estimate of drug-likeness (QED) is 0.914. The summed E-state index contributed by atoms with van der Waals surface area (Å²) in [5, 5.41) is 1.11. The van der Waals surface area contributed by atoms with Crippen LogP contribution in [-0.4, -0.2) is 58.3 Å². The van der Waals surface area contributed by atoms with Gasteiger partial charge in [0, 0.05) is 56.3 Å². The molecule has 126 valence electrons. The minimum atomic E-state index is -0.175. The minimum Gasteiger partial charge on any atom is -0.345 e. The first-order valence-corrected chi connectivity index (χ1v) is 8.58. The van der Waals surface area contributed by atoms with Gasteiger partial charge in [0.2, 0.25) is 11.8 Å². The zero-order valence-electron chi connectivity index (χ0n) is 13.9. The molecule has 0 radical (unpaired) electrons. The van der Waals surface area contributed by atoms with Gasteiger partial charge >= 0.3 is 0 Å². The number of aromatic nitrogens is 2. The zero-order valence-corrected chi connectivity index (χ0v) is 13.9. The molecule has 0 bridgehead atoms. The lowest BCUT2D eigenvalue weighted by Gasteiger charge is -2.33. The third-order valence-electron chi connectivity index (χ3n) is 5.28. The molecule has 2 atom stereocenters. The van der Waals surface area contributed by atoms with E-state index in [0.717, 1.165) is 42.7 Å². The molecular weight excluding hydrogens is 304 g/mol. The van der Waals surface area contributed by atoms with E-state index in [1.54, 1.807) is 18.1 Å². The van der Waals surface area contributed by atoms with Crippen LogP contribution in [0.1, 0.15) is 30.9 Å². The second-order valence-corrected chi connectivity index (χ2v) is 6.96. The Balaban J connectivity index is 1.49. The highest BCUT2D eigenvalue weighted by Gasteiger charge is 2.36. The van der Waals surface area contributed by atoms with Crippen LogP contribution in [0.5, 0.6) is 0 Å². The highest BCUT2D eigenvalue weighted by Crippen LogP contribution is 2.30. The van der Waals surface area contributed by atoms with Crippen LogP contribution in [0.3, 0.4) is 0 Å². The van der Waals surface area contributed by atoms with Crippen LogP contribution < -0.4 is 0 Å². The first-order chi connectivity index (χ1) is 11.6. The number of hydrogen-bond acceptors (Lipinski definition) is 3. The molecule has 2 fully saturated rings. The maximum Gasteiger partial charge on any atom is 0.228 e. The van der Waals surface area contributed by atoms with Crippen molar-refractivity contribution in [1.82, 2.24) is 19.8 Å². The van der Waals surface area contributed by atoms with Gasteiger partial charge < -0.3 is 14.8 Å². The summed E-state index contributed by atoms with van der Waals surface area (Å²) in [6, 6.07) is 6.13. The van der Waals surface area contributed by atoms with E-state index in [0.29, 0.717) is 18.9 Å². The molecule has 2 aliphatic rings. The Bertz CT molecular complexity index is 751. The van der Waals surface area contributed by atoms with Crippen molar-refractivity contribution < 1.29 is 9.59 Å². The summed E-state index contributed by atoms with van der Waals surface area (Å²) in [6.45, 7) is 2.07. The number of H-pyrrole nitrogens is 1. The molecule has 0 saturated carbocycles. The Kier molecular flexibility index (Phi) is 3.75. The molecule has 0 unspecified atom stereocenters. The van der Waals surface area contributed by atoms with Crippen molar-refractivity contribution in [3.05, 3.63) is 30.1 Å². The first-order valence-electron chi connectivity index (χ1n) is 8.58. The molecule has 2 aromatic heterocycles. The number of nitrogens with one attached hydrogen (secondary N) is 1. The minimum absolute atomic E-state index is 0.0728. The van der Waals surface area contributed by atoms with E-state index in [1.807, 2.05) is 17.0 Å². The SMILES string of the molecule is CN1C[C@@H](C(=O)N2CCC[C@H](c3cc4cccnc4[nH]3)C2)CC1=O. The Morgan fingerprint density at radius 2 is 2.25 bits per heavy atom. The Labute approximate surface area is 140 Å². The van der Waals surface area contributed by atoms with Gasteiger partial charge in [-0.2, -0.15) is 0 Å². The topological polar surface area (TPSA) is 69.3 Å². The summed E-state index contributed by atoms with van der Waals surface area (Å²) < 4.78 is 0. The molecule has 0 spiro atoms. The first kappa shape index (κ1) is 15.2. The van der Waals surface area contributed by atoms with Crippen LogP contribution in [0.25, 0.3) is 11.0 Å². The van der Waals surface area contributed by atoms with Gasteiger partial charge in [-0.05, 0) is 31.0 Å². The smallest absolute Gasteiger partial charge is 0.228 e. The van der Waals surface area contributed by atoms with Crippen LogP contribution >= 0.6 is 0 Å². The summed E-state index contributed by atoms with van der Waals surface area (Å²) >= 11 is 0. The molecule has 2 amide bonds. The number of carbonyl (C=O) groups excluding carboxylic acids is 2. The fourth-order valence-corrected chi connectivity index (χ4v) is 3.92. The van der Waals surface area contributed by atoms with Crippen molar-refractivity contribution in [2.75, 3.05) is 26.7 Å². The van der Waals surface area contributed by atoms with Gasteiger partial charge in [0.15, 0.2) is 0 Å². The van der Waals surface area contributed by atoms with Crippen molar-refractivity contribution in [2.45, 2.75) is 25.2 Å². The number of hydrogen-bond donors (Lipinski definition) is 1. The van der Waals surface area contributed by atoms with Gasteiger partial charge in [0.05, 0.1) is 5.92 Å². The van der Waals surface area contributed by atoms with E-state index < -0.39 is 0 Å². The summed E-state index contributed by atoms with van der Waals surface area (Å²) in [5.74, 6) is 0.340. The maximum atomic E-state index is 12.8. The predicted molar refractivity (Wildman–Crippen MR) is 90.4 cm³/mol. The van der Waals surface area contributed by atoms with Gasteiger partial charge in [-0.3, -0.25) is 9.59 Å². The van der Waals surface area contributed by atoms with Gasteiger partial charge in [0.1, 0.15) is 5.65 Å². The molecule has 4 heterocycles. The van der Waals surface area contributed by atoms with Crippen molar-refractivity contribution in [3.8, 4) is 0 Å². The van der Waals surface area contributed by atoms with Crippen molar-refractivity contribution in [2.24, 2.45) is 5.92 Å². The molecule has 0 aliphatic carbocycles. The maximum absolute atomic E-state index is 12.8. The van der Waals surface area contributed by atoms with Gasteiger partial charge in [0.25, 0.3) is 0 Å². The monoisotopic (exact) mass is 326 g/mol. The largest absolute Gasteiger partial charge is 0.345 e. The molecule has 1 N–H and O–H groups in total. The van der Waals surface area contributed by atoms with Gasteiger partial charge in [-0.25, -0.2) is 4.98 Å². The van der Waals surface area contributed by atoms with Crippen molar-refractivity contribution in [3.63, 3.8) is 0 Å². The Hall–Kier alpha value is -2.37. The molecule has 2 aliphatic heterocycles. The summed E-state index contributed by atoms with van der Waals surface area (Å²) in [4.78, 5) is 35.8. The van der Waals surface area contributed by atoms with Gasteiger partial charge in [-0.1, -0.05) is 0 Å². The number of amides is 2. The lowest BCUT2D eigenvalue weighted by molar-refractivity contribution is -0.137. The third kappa shape index (κ3) is 2.66. The Morgan fingerprint density at radius 1 is 1.38 bits per heavy atom. The fraction of sp³-hybridized carbons (Fsp3) is 0.500. The van der Waals surface area contributed by atoms with Crippen LogP contribution in [0, 0.1) is 5.92 Å². The van der Waals surface area contributed by atoms with E-state index >= 15 is 0 Å². The summed E-state index contributed by atoms with van der Waals surface area (Å²) in [5.41, 5.74) is 2.06. The van der Waals surface area contributed by atoms with Crippen LogP contribution in [0.15, 0.2) is 24.4 Å². The molecular formula is C18H22N4O2. The summed E-state index contributed by atoms with van der Waals surface area (Å²) in [6.07, 6.45) is 4.20. The molecule has 6 heteroatoms. The van der Waals surface area contributed by atoms with E-state index in [9.17, 15) is 9.59 Å². The number of aromatic amines is 1. The fourth-order valence-electron chi connectivity index (χ4n) is 3.92. The third-order valence-corrected chi connectivity index (χ3v) is 5.28. The zero-order chi connectivity index (χ0) is 16.7. The van der Waals surface area contributed by atoms with Crippen LogP contribution in [0.2, 0.25) is 0 Å². The lowest BCUT2D eigenvalue weighted by Crippen LogP contribution is -2.43. The van der Waals surface area contributed by atoms with E-state index in [2.05, 4.69) is 16.0 Å². The van der Waals surface area contributed by atoms with Crippen molar-refractivity contribution >= 4 is 22.8 Å². The van der Waals surface area contributed by atoms with E-state index in [1.165, 1.54) is 0 Å². The predicted octanol–water partition coefficient (Wildman–Crippen LogP) is 1.75. The number of pyridine rings is 1. The number of likely N-dealkylation sites (tertiary alicyclic amines) is 2. The Morgan fingerprint density at radius 3 is 3.00 bits per heavy atom. The number of carbonyl (C=O) groups is 2. The molecule has 4 rings (SSSR count). The number of rotatable bonds is 2. The number of piperidine rings is 1. The van der Waals surface area contributed by atoms with Crippen molar-refractivity contribution in [1.29, 1.82) is 0 Å². The normalized spacial score (nSPS) is 24.8. The second kappa shape index (κ2) is 5.92. The molecule has 24 heavy (non-hydrogen) atoms. The average molecular weight is 326 g/mol. The molecule has 2 saturated heterocycles. The number of nitrogens with zero attached hydrogens (tertiary/aromatic N) is 3. The van der Waals surface area contributed by atoms with Crippen LogP contribution in [-0.2, 0) is 9.59 Å². The second-order valence-electron chi connectivity index (χ2n) is 6.96. The van der Waals surface area contributed by atoms with Crippen LogP contribution in [0.4, 0.5) is 0 Å². The summed E-state index contributed by atoms with van der Waals surface area (Å²) in [7, 11) is 1.77. The number of fused-ring (bicyclic) bond motifs is 1. The average Bonchev–Trinajstić information content (AvgIpc) is 3.18. The standard InChI is InChI=1S/C18H22N4O2/c1-21-10-14(9-16(21)23)18(24)22-7-3-5-13(11-22)15-8-12-4-2-6-19-17(12)20-15/h2,4,6,8,13-14H,3,5,7,9-11H2,1H3,(H,19,20)/t13-,14-/m0/s1. The van der Waals surface area contributed by atoms with E-state index in [-0.39, 0.29) is 17.7 Å². The highest BCUT2D eigenvalue weighted by molar-refractivity contribution is 5.89.